The Bertz CT molecular complexity index is 1260. The number of nitrogens with two attached hydrogens (primary N) is 1. The number of carbonyl (C=O) groups is 1. The average Bonchev–Trinajstić information content (AvgIpc) is 3.33. The standard InChI is InChI=1S/C21H16N4O4/c1-27-15-6-3-12(4-7-15)20-24-16-9-14(5-8-17(16)29-20)25-11-13(10-22)18(23)19(25)21(26)28-2/h3-9,11H,23H2,1-2H3. The highest BCUT2D eigenvalue weighted by Gasteiger charge is 2.22. The minimum absolute atomic E-state index is 0.0681. The summed E-state index contributed by atoms with van der Waals surface area (Å²) in [6.45, 7) is 0. The molecule has 29 heavy (non-hydrogen) atoms. The number of nitrogen functional groups attached to an aromatic ring is 1. The number of anilines is 1. The zero-order chi connectivity index (χ0) is 20.5. The Labute approximate surface area is 165 Å². The molecule has 4 aromatic rings. The van der Waals surface area contributed by atoms with Gasteiger partial charge < -0.3 is 24.2 Å². The molecular weight excluding hydrogens is 372 g/mol. The Hall–Kier alpha value is -4.25. The van der Waals surface area contributed by atoms with Crippen molar-refractivity contribution in [3.05, 3.63) is 59.9 Å². The van der Waals surface area contributed by atoms with Crippen molar-refractivity contribution >= 4 is 22.8 Å². The predicted molar refractivity (Wildman–Crippen MR) is 106 cm³/mol. The van der Waals surface area contributed by atoms with E-state index in [2.05, 4.69) is 4.98 Å². The fourth-order valence-electron chi connectivity index (χ4n) is 3.04. The quantitative estimate of drug-likeness (QED) is 0.532. The highest BCUT2D eigenvalue weighted by Crippen LogP contribution is 2.29. The zero-order valence-electron chi connectivity index (χ0n) is 15.7. The Morgan fingerprint density at radius 1 is 1.21 bits per heavy atom. The number of ether oxygens (including phenoxy) is 2. The van der Waals surface area contributed by atoms with Gasteiger partial charge in [-0.3, -0.25) is 0 Å². The summed E-state index contributed by atoms with van der Waals surface area (Å²) in [7, 11) is 2.86. The van der Waals surface area contributed by atoms with Gasteiger partial charge in [-0.05, 0) is 42.5 Å². The van der Waals surface area contributed by atoms with E-state index in [-0.39, 0.29) is 16.9 Å². The molecule has 0 aliphatic heterocycles. The van der Waals surface area contributed by atoms with Crippen LogP contribution in [0.3, 0.4) is 0 Å². The lowest BCUT2D eigenvalue weighted by molar-refractivity contribution is 0.0593. The number of carbonyl (C=O) groups excluding carboxylic acids is 1. The molecule has 2 heterocycles. The van der Waals surface area contributed by atoms with Gasteiger partial charge in [0.25, 0.3) is 0 Å². The Morgan fingerprint density at radius 2 is 1.97 bits per heavy atom. The van der Waals surface area contributed by atoms with Crippen LogP contribution < -0.4 is 10.5 Å². The molecule has 0 fully saturated rings. The summed E-state index contributed by atoms with van der Waals surface area (Å²) >= 11 is 0. The van der Waals surface area contributed by atoms with Crippen LogP contribution in [0, 0.1) is 11.3 Å². The first-order valence-corrected chi connectivity index (χ1v) is 8.60. The number of oxazole rings is 1. The lowest BCUT2D eigenvalue weighted by Crippen LogP contribution is -2.11. The Balaban J connectivity index is 1.81. The Kier molecular flexibility index (Phi) is 4.41. The van der Waals surface area contributed by atoms with Gasteiger partial charge in [0.15, 0.2) is 11.3 Å². The third-order valence-corrected chi connectivity index (χ3v) is 4.53. The first-order valence-electron chi connectivity index (χ1n) is 8.60. The summed E-state index contributed by atoms with van der Waals surface area (Å²) in [5.41, 5.74) is 8.87. The number of nitrogens with zero attached hydrogens (tertiary/aromatic N) is 3. The van der Waals surface area contributed by atoms with Crippen LogP contribution in [0.5, 0.6) is 5.75 Å². The van der Waals surface area contributed by atoms with Crippen molar-refractivity contribution in [1.82, 2.24) is 9.55 Å². The minimum Gasteiger partial charge on any atom is -0.497 e. The van der Waals surface area contributed by atoms with Crippen molar-refractivity contribution in [1.29, 1.82) is 5.26 Å². The summed E-state index contributed by atoms with van der Waals surface area (Å²) in [5.74, 6) is 0.557. The van der Waals surface area contributed by atoms with Gasteiger partial charge in [0, 0.05) is 17.4 Å². The van der Waals surface area contributed by atoms with Gasteiger partial charge in [-0.15, -0.1) is 0 Å². The van der Waals surface area contributed by atoms with Crippen LogP contribution in [0.25, 0.3) is 28.2 Å². The molecule has 0 bridgehead atoms. The van der Waals surface area contributed by atoms with Gasteiger partial charge >= 0.3 is 5.97 Å². The normalized spacial score (nSPS) is 10.7. The van der Waals surface area contributed by atoms with E-state index in [0.717, 1.165) is 11.3 Å². The molecule has 8 heteroatoms. The molecule has 0 saturated heterocycles. The van der Waals surface area contributed by atoms with Gasteiger partial charge in [0.05, 0.1) is 25.5 Å². The highest BCUT2D eigenvalue weighted by molar-refractivity contribution is 5.96. The summed E-state index contributed by atoms with van der Waals surface area (Å²) in [5, 5.41) is 9.26. The van der Waals surface area contributed by atoms with E-state index in [1.807, 2.05) is 30.3 Å². The van der Waals surface area contributed by atoms with Crippen LogP contribution in [0.4, 0.5) is 5.69 Å². The van der Waals surface area contributed by atoms with E-state index in [4.69, 9.17) is 19.6 Å². The monoisotopic (exact) mass is 388 g/mol. The molecule has 0 aliphatic rings. The molecule has 2 aromatic heterocycles. The highest BCUT2D eigenvalue weighted by atomic mass is 16.5. The molecule has 2 aromatic carbocycles. The second-order valence-corrected chi connectivity index (χ2v) is 6.18. The second kappa shape index (κ2) is 7.05. The van der Waals surface area contributed by atoms with Gasteiger partial charge in [0.1, 0.15) is 17.3 Å². The molecule has 0 unspecified atom stereocenters. The van der Waals surface area contributed by atoms with Crippen molar-refractivity contribution in [3.63, 3.8) is 0 Å². The number of esters is 1. The molecule has 0 atom stereocenters. The van der Waals surface area contributed by atoms with Gasteiger partial charge in [0.2, 0.25) is 5.89 Å². The minimum atomic E-state index is -0.636. The van der Waals surface area contributed by atoms with Crippen molar-refractivity contribution in [3.8, 4) is 29.0 Å². The fraction of sp³-hybridized carbons (Fsp3) is 0.0952. The SMILES string of the molecule is COC(=O)c1c(N)c(C#N)cn1-c1ccc2oc(-c3ccc(OC)cc3)nc2c1. The van der Waals surface area contributed by atoms with Crippen molar-refractivity contribution in [2.75, 3.05) is 20.0 Å². The van der Waals surface area contributed by atoms with E-state index < -0.39 is 5.97 Å². The molecule has 8 nitrogen and oxygen atoms in total. The summed E-state index contributed by atoms with van der Waals surface area (Å²) < 4.78 is 17.3. The van der Waals surface area contributed by atoms with Gasteiger partial charge in [-0.25, -0.2) is 9.78 Å². The number of rotatable bonds is 4. The van der Waals surface area contributed by atoms with E-state index in [1.54, 1.807) is 25.3 Å². The summed E-state index contributed by atoms with van der Waals surface area (Å²) in [4.78, 5) is 16.7. The van der Waals surface area contributed by atoms with Crippen LogP contribution in [-0.2, 0) is 4.74 Å². The first kappa shape index (κ1) is 18.1. The molecule has 0 aliphatic carbocycles. The summed E-state index contributed by atoms with van der Waals surface area (Å²) in [6.07, 6.45) is 1.49. The third kappa shape index (κ3) is 3.04. The number of aromatic nitrogens is 2. The lowest BCUT2D eigenvalue weighted by atomic mass is 10.2. The number of benzene rings is 2. The van der Waals surface area contributed by atoms with Crippen molar-refractivity contribution in [2.45, 2.75) is 0 Å². The van der Waals surface area contributed by atoms with Crippen LogP contribution >= 0.6 is 0 Å². The third-order valence-electron chi connectivity index (χ3n) is 4.53. The number of methoxy groups -OCH3 is 2. The van der Waals surface area contributed by atoms with Crippen LogP contribution in [0.2, 0.25) is 0 Å². The molecule has 0 amide bonds. The zero-order valence-corrected chi connectivity index (χ0v) is 15.7. The maximum absolute atomic E-state index is 12.2. The fourth-order valence-corrected chi connectivity index (χ4v) is 3.04. The van der Waals surface area contributed by atoms with Gasteiger partial charge in [-0.2, -0.15) is 5.26 Å². The maximum Gasteiger partial charge on any atom is 0.357 e. The summed E-state index contributed by atoms with van der Waals surface area (Å²) in [6, 6.07) is 14.6. The Morgan fingerprint density at radius 3 is 2.62 bits per heavy atom. The van der Waals surface area contributed by atoms with Gasteiger partial charge in [-0.1, -0.05) is 0 Å². The number of nitriles is 1. The lowest BCUT2D eigenvalue weighted by Gasteiger charge is -2.08. The topological polar surface area (TPSA) is 116 Å². The van der Waals surface area contributed by atoms with E-state index in [1.165, 1.54) is 17.9 Å². The molecule has 0 spiro atoms. The number of hydrogen-bond acceptors (Lipinski definition) is 7. The van der Waals surface area contributed by atoms with Crippen molar-refractivity contribution < 1.29 is 18.7 Å². The number of fused-ring (bicyclic) bond motifs is 1. The average molecular weight is 388 g/mol. The van der Waals surface area contributed by atoms with Crippen molar-refractivity contribution in [2.24, 2.45) is 0 Å². The van der Waals surface area contributed by atoms with E-state index >= 15 is 0 Å². The van der Waals surface area contributed by atoms with Crippen LogP contribution in [-0.4, -0.2) is 29.7 Å². The second-order valence-electron chi connectivity index (χ2n) is 6.18. The molecular formula is C21H16N4O4. The first-order chi connectivity index (χ1) is 14.0. The predicted octanol–water partition coefficient (Wildman–Crippen LogP) is 3.53. The largest absolute Gasteiger partial charge is 0.497 e. The van der Waals surface area contributed by atoms with Crippen LogP contribution in [0.1, 0.15) is 16.1 Å². The number of hydrogen-bond donors (Lipinski definition) is 1. The van der Waals surface area contributed by atoms with E-state index in [0.29, 0.717) is 22.7 Å². The molecule has 2 N–H and O–H groups in total. The molecule has 4 rings (SSSR count). The van der Waals surface area contributed by atoms with Crippen LogP contribution in [0.15, 0.2) is 53.1 Å². The maximum atomic E-state index is 12.2. The molecule has 0 radical (unpaired) electrons. The van der Waals surface area contributed by atoms with E-state index in [9.17, 15) is 10.1 Å². The molecule has 144 valence electrons. The molecule has 0 saturated carbocycles. The smallest absolute Gasteiger partial charge is 0.357 e.